The van der Waals surface area contributed by atoms with E-state index < -0.39 is 0 Å². The van der Waals surface area contributed by atoms with Crippen molar-refractivity contribution in [2.75, 3.05) is 18.9 Å². The summed E-state index contributed by atoms with van der Waals surface area (Å²) in [7, 11) is 0. The lowest BCUT2D eigenvalue weighted by Gasteiger charge is -2.39. The van der Waals surface area contributed by atoms with E-state index in [4.69, 9.17) is 15.5 Å². The van der Waals surface area contributed by atoms with E-state index in [1.165, 1.54) is 19.3 Å². The fourth-order valence-electron chi connectivity index (χ4n) is 4.96. The van der Waals surface area contributed by atoms with Crippen LogP contribution in [0.15, 0.2) is 23.2 Å². The SMILES string of the molecule is CC1(C)CC2CC(C)(CN2C2=Nc3ccc(N)cc3OC2)C1. The molecule has 0 aromatic heterocycles. The molecule has 2 bridgehead atoms. The van der Waals surface area contributed by atoms with Gasteiger partial charge < -0.3 is 15.4 Å². The highest BCUT2D eigenvalue weighted by atomic mass is 16.5. The average molecular weight is 299 g/mol. The number of nitrogens with two attached hydrogens (primary N) is 1. The van der Waals surface area contributed by atoms with E-state index in [0.29, 0.717) is 23.5 Å². The minimum absolute atomic E-state index is 0.413. The fourth-order valence-corrected chi connectivity index (χ4v) is 4.96. The lowest BCUT2D eigenvalue weighted by Crippen LogP contribution is -2.40. The van der Waals surface area contributed by atoms with Gasteiger partial charge in [-0.1, -0.05) is 20.8 Å². The summed E-state index contributed by atoms with van der Waals surface area (Å²) in [4.78, 5) is 7.38. The van der Waals surface area contributed by atoms with Gasteiger partial charge in [-0.2, -0.15) is 0 Å². The minimum atomic E-state index is 0.413. The van der Waals surface area contributed by atoms with Crippen molar-refractivity contribution in [1.29, 1.82) is 0 Å². The van der Waals surface area contributed by atoms with Gasteiger partial charge in [-0.05, 0) is 42.2 Å². The summed E-state index contributed by atoms with van der Waals surface area (Å²) >= 11 is 0. The summed E-state index contributed by atoms with van der Waals surface area (Å²) in [5, 5.41) is 0. The molecule has 3 aliphatic rings. The monoisotopic (exact) mass is 299 g/mol. The van der Waals surface area contributed by atoms with Gasteiger partial charge in [0.05, 0.1) is 0 Å². The molecule has 0 spiro atoms. The molecular weight excluding hydrogens is 274 g/mol. The highest BCUT2D eigenvalue weighted by Gasteiger charge is 2.50. The van der Waals surface area contributed by atoms with E-state index in [1.807, 2.05) is 18.2 Å². The van der Waals surface area contributed by atoms with E-state index >= 15 is 0 Å². The van der Waals surface area contributed by atoms with Gasteiger partial charge in [-0.15, -0.1) is 0 Å². The number of hydrogen-bond donors (Lipinski definition) is 1. The number of hydrogen-bond acceptors (Lipinski definition) is 4. The predicted molar refractivity (Wildman–Crippen MR) is 89.7 cm³/mol. The zero-order valence-corrected chi connectivity index (χ0v) is 13.7. The Bertz CT molecular complexity index is 652. The molecule has 4 nitrogen and oxygen atoms in total. The highest BCUT2D eigenvalue weighted by molar-refractivity contribution is 5.89. The maximum Gasteiger partial charge on any atom is 0.147 e. The van der Waals surface area contributed by atoms with E-state index in [2.05, 4.69) is 25.7 Å². The van der Waals surface area contributed by atoms with Crippen LogP contribution in [0.2, 0.25) is 0 Å². The van der Waals surface area contributed by atoms with Crippen molar-refractivity contribution in [2.45, 2.75) is 46.1 Å². The Hall–Kier alpha value is -1.71. The number of nitrogen functional groups attached to an aromatic ring is 1. The van der Waals surface area contributed by atoms with Crippen LogP contribution in [0.3, 0.4) is 0 Å². The lowest BCUT2D eigenvalue weighted by atomic mass is 9.65. The van der Waals surface area contributed by atoms with Crippen LogP contribution in [-0.2, 0) is 0 Å². The number of benzene rings is 1. The van der Waals surface area contributed by atoms with Crippen molar-refractivity contribution in [3.05, 3.63) is 18.2 Å². The van der Waals surface area contributed by atoms with Crippen LogP contribution in [0.4, 0.5) is 11.4 Å². The Labute approximate surface area is 132 Å². The van der Waals surface area contributed by atoms with Gasteiger partial charge in [-0.25, -0.2) is 4.99 Å². The number of rotatable bonds is 0. The second-order valence-electron chi connectivity index (χ2n) is 8.39. The molecule has 1 aromatic carbocycles. The van der Waals surface area contributed by atoms with Gasteiger partial charge in [0.1, 0.15) is 23.9 Å². The molecule has 2 heterocycles. The molecule has 2 fully saturated rings. The number of aliphatic imine (C=N–C) groups is 1. The first kappa shape index (κ1) is 13.9. The Morgan fingerprint density at radius 2 is 2.09 bits per heavy atom. The van der Waals surface area contributed by atoms with Gasteiger partial charge in [0.25, 0.3) is 0 Å². The fraction of sp³-hybridized carbons (Fsp3) is 0.611. The molecule has 4 heteroatoms. The van der Waals surface area contributed by atoms with Crippen LogP contribution in [0.1, 0.15) is 40.0 Å². The van der Waals surface area contributed by atoms with Gasteiger partial charge in [0.2, 0.25) is 0 Å². The zero-order chi connectivity index (χ0) is 15.5. The highest BCUT2D eigenvalue weighted by Crippen LogP contribution is 2.52. The van der Waals surface area contributed by atoms with Gasteiger partial charge in [0.15, 0.2) is 0 Å². The van der Waals surface area contributed by atoms with Crippen molar-refractivity contribution < 1.29 is 4.74 Å². The summed E-state index contributed by atoms with van der Waals surface area (Å²) < 4.78 is 5.91. The van der Waals surface area contributed by atoms with Gasteiger partial charge in [0, 0.05) is 24.3 Å². The lowest BCUT2D eigenvalue weighted by molar-refractivity contribution is 0.132. The molecule has 1 saturated heterocycles. The maximum absolute atomic E-state index is 5.91. The smallest absolute Gasteiger partial charge is 0.147 e. The topological polar surface area (TPSA) is 50.8 Å². The molecule has 2 aliphatic heterocycles. The summed E-state index contributed by atoms with van der Waals surface area (Å²) in [5.41, 5.74) is 8.29. The molecule has 22 heavy (non-hydrogen) atoms. The largest absolute Gasteiger partial charge is 0.483 e. The van der Waals surface area contributed by atoms with Crippen molar-refractivity contribution in [3.8, 4) is 5.75 Å². The molecule has 2 unspecified atom stereocenters. The quantitative estimate of drug-likeness (QED) is 0.745. The van der Waals surface area contributed by atoms with Crippen molar-refractivity contribution >= 4 is 17.2 Å². The second-order valence-corrected chi connectivity index (χ2v) is 8.39. The van der Waals surface area contributed by atoms with E-state index in [-0.39, 0.29) is 0 Å². The molecule has 0 radical (unpaired) electrons. The molecule has 0 amide bonds. The van der Waals surface area contributed by atoms with Crippen molar-refractivity contribution in [3.63, 3.8) is 0 Å². The first-order valence-electron chi connectivity index (χ1n) is 8.20. The van der Waals surface area contributed by atoms with Crippen LogP contribution in [0.25, 0.3) is 0 Å². The van der Waals surface area contributed by atoms with Gasteiger partial charge >= 0.3 is 0 Å². The van der Waals surface area contributed by atoms with Crippen LogP contribution in [0, 0.1) is 10.8 Å². The molecule has 1 saturated carbocycles. The first-order chi connectivity index (χ1) is 10.3. The summed E-state index contributed by atoms with van der Waals surface area (Å²) in [6.07, 6.45) is 3.83. The Morgan fingerprint density at radius 3 is 2.91 bits per heavy atom. The van der Waals surface area contributed by atoms with Gasteiger partial charge in [-0.3, -0.25) is 0 Å². The normalized spacial score (nSPS) is 32.2. The second kappa shape index (κ2) is 4.40. The Morgan fingerprint density at radius 1 is 1.27 bits per heavy atom. The third kappa shape index (κ3) is 2.25. The standard InChI is InChI=1S/C18H25N3O/c1-17(2)7-13-8-18(3,10-17)11-21(13)16-9-22-15-6-12(19)4-5-14(15)20-16/h4-6,13H,7-11,19H2,1-3H3. The summed E-state index contributed by atoms with van der Waals surface area (Å²) in [5.74, 6) is 1.89. The predicted octanol–water partition coefficient (Wildman–Crippen LogP) is 3.59. The number of likely N-dealkylation sites (tertiary alicyclic amines) is 1. The van der Waals surface area contributed by atoms with E-state index in [1.54, 1.807) is 0 Å². The summed E-state index contributed by atoms with van der Waals surface area (Å²) in [6, 6.07) is 6.31. The number of fused-ring (bicyclic) bond motifs is 3. The molecular formula is C18H25N3O. The van der Waals surface area contributed by atoms with E-state index in [0.717, 1.165) is 29.5 Å². The Balaban J connectivity index is 1.65. The molecule has 4 rings (SSSR count). The molecule has 1 aliphatic carbocycles. The van der Waals surface area contributed by atoms with Crippen LogP contribution in [-0.4, -0.2) is 29.9 Å². The van der Waals surface area contributed by atoms with Crippen LogP contribution in [0.5, 0.6) is 5.75 Å². The third-order valence-corrected chi connectivity index (χ3v) is 5.34. The molecule has 1 aromatic rings. The van der Waals surface area contributed by atoms with Crippen LogP contribution >= 0.6 is 0 Å². The Kier molecular flexibility index (Phi) is 2.78. The number of ether oxygens (including phenoxy) is 1. The molecule has 2 N–H and O–H groups in total. The zero-order valence-electron chi connectivity index (χ0n) is 13.7. The van der Waals surface area contributed by atoms with E-state index in [9.17, 15) is 0 Å². The molecule has 2 atom stereocenters. The number of anilines is 1. The van der Waals surface area contributed by atoms with Crippen molar-refractivity contribution in [1.82, 2.24) is 4.90 Å². The molecule has 118 valence electrons. The van der Waals surface area contributed by atoms with Crippen LogP contribution < -0.4 is 10.5 Å². The first-order valence-corrected chi connectivity index (χ1v) is 8.20. The summed E-state index contributed by atoms with van der Waals surface area (Å²) in [6.45, 7) is 8.90. The number of amidine groups is 1. The average Bonchev–Trinajstić information content (AvgIpc) is 2.67. The van der Waals surface area contributed by atoms with Crippen molar-refractivity contribution in [2.24, 2.45) is 15.8 Å². The minimum Gasteiger partial charge on any atom is -0.483 e. The third-order valence-electron chi connectivity index (χ3n) is 5.34. The maximum atomic E-state index is 5.91. The number of nitrogens with zero attached hydrogens (tertiary/aromatic N) is 2.